The number of oxime groups is 1. The number of ether oxygens (including phenoxy) is 4. The van der Waals surface area contributed by atoms with Gasteiger partial charge >= 0.3 is 6.09 Å². The van der Waals surface area contributed by atoms with E-state index in [1.54, 1.807) is 29.2 Å². The number of methoxy groups -OCH3 is 1. The van der Waals surface area contributed by atoms with Crippen molar-refractivity contribution in [3.05, 3.63) is 48.1 Å². The molecule has 1 amide bonds. The fourth-order valence-electron chi connectivity index (χ4n) is 7.67. The highest BCUT2D eigenvalue weighted by Gasteiger charge is 2.65. The van der Waals surface area contributed by atoms with Crippen molar-refractivity contribution in [1.29, 1.82) is 0 Å². The number of amides is 1. The van der Waals surface area contributed by atoms with Crippen molar-refractivity contribution in [2.45, 2.75) is 89.1 Å². The fraction of sp³-hybridized carbons (Fsp3) is 0.676. The van der Waals surface area contributed by atoms with Gasteiger partial charge in [0.25, 0.3) is 0 Å². The van der Waals surface area contributed by atoms with Gasteiger partial charge in [0.15, 0.2) is 0 Å². The second-order valence-corrected chi connectivity index (χ2v) is 14.0. The summed E-state index contributed by atoms with van der Waals surface area (Å²) in [5.41, 5.74) is 1.80. The fourth-order valence-corrected chi connectivity index (χ4v) is 7.67. The molecule has 274 valence electrons. The standard InChI is InChI=1S/C37H56N2O10/c1-6-19-47-37-32(39(35(44)45-5)15-20-46-21-18-42)24-30(38-49-36(2,3)4)28-22-25(11-7-9-16-40)27(12-8-10-17-41)33(34(28)37)29-23-26(43)13-14-31(29)48-37/h6,13-14,22-23,25,27,32-34,40-43H,1,7-12,15-21,24H2,2-5H3. The SMILES string of the molecule is C=CCOC12Oc3ccc(O)cc3C3C(CCCCO)C(CCCCO)C=C(C(=NOC(C)(C)C)CC1N(CCOCCO)C(=O)OC)C32. The van der Waals surface area contributed by atoms with Gasteiger partial charge in [-0.3, -0.25) is 4.90 Å². The van der Waals surface area contributed by atoms with Crippen LogP contribution in [0.25, 0.3) is 0 Å². The molecule has 1 heterocycles. The van der Waals surface area contributed by atoms with E-state index in [-0.39, 0.29) is 76.1 Å². The minimum atomic E-state index is -1.44. The average molecular weight is 689 g/mol. The number of carbonyl (C=O) groups is 1. The maximum absolute atomic E-state index is 13.7. The predicted octanol–water partition coefficient (Wildman–Crippen LogP) is 4.90. The number of fused-ring (bicyclic) bond motifs is 2. The number of phenolic OH excluding ortho intramolecular Hbond substituents is 1. The highest BCUT2D eigenvalue weighted by Crippen LogP contribution is 2.61. The van der Waals surface area contributed by atoms with Gasteiger partial charge in [0.2, 0.25) is 5.79 Å². The van der Waals surface area contributed by atoms with E-state index in [0.29, 0.717) is 24.3 Å². The molecule has 0 spiro atoms. The Labute approximate surface area is 290 Å². The lowest BCUT2D eigenvalue weighted by Crippen LogP contribution is -2.70. The first kappa shape index (κ1) is 38.6. The summed E-state index contributed by atoms with van der Waals surface area (Å²) in [5, 5.41) is 44.3. The van der Waals surface area contributed by atoms with Crippen molar-refractivity contribution in [3.8, 4) is 11.5 Å². The molecule has 1 saturated carbocycles. The number of hydrogen-bond donors (Lipinski definition) is 4. The quantitative estimate of drug-likeness (QED) is 0.0949. The molecule has 0 saturated heterocycles. The number of carbonyl (C=O) groups excluding carboxylic acids is 1. The van der Waals surface area contributed by atoms with Crippen LogP contribution in [0.15, 0.2) is 47.7 Å². The lowest BCUT2D eigenvalue weighted by atomic mass is 9.55. The number of allylic oxidation sites excluding steroid dienone is 1. The van der Waals surface area contributed by atoms with Crippen molar-refractivity contribution in [3.63, 3.8) is 0 Å². The Morgan fingerprint density at radius 1 is 1.10 bits per heavy atom. The number of benzene rings is 1. The summed E-state index contributed by atoms with van der Waals surface area (Å²) in [6, 6.07) is 4.33. The van der Waals surface area contributed by atoms with Gasteiger partial charge in [-0.15, -0.1) is 6.58 Å². The second-order valence-electron chi connectivity index (χ2n) is 14.0. The summed E-state index contributed by atoms with van der Waals surface area (Å²) in [6.07, 6.45) is 8.05. The van der Waals surface area contributed by atoms with Crippen LogP contribution >= 0.6 is 0 Å². The van der Waals surface area contributed by atoms with Crippen molar-refractivity contribution in [2.24, 2.45) is 22.9 Å². The predicted molar refractivity (Wildman–Crippen MR) is 184 cm³/mol. The van der Waals surface area contributed by atoms with Gasteiger partial charge in [-0.25, -0.2) is 4.79 Å². The van der Waals surface area contributed by atoms with E-state index in [4.69, 9.17) is 28.9 Å². The molecule has 1 aliphatic heterocycles. The lowest BCUT2D eigenvalue weighted by molar-refractivity contribution is -0.256. The van der Waals surface area contributed by atoms with Crippen molar-refractivity contribution in [1.82, 2.24) is 4.90 Å². The van der Waals surface area contributed by atoms with E-state index in [9.17, 15) is 25.2 Å². The minimum Gasteiger partial charge on any atom is -0.508 e. The molecule has 49 heavy (non-hydrogen) atoms. The van der Waals surface area contributed by atoms with Gasteiger partial charge in [0, 0.05) is 37.7 Å². The summed E-state index contributed by atoms with van der Waals surface area (Å²) in [4.78, 5) is 21.3. The molecule has 1 aromatic carbocycles. The van der Waals surface area contributed by atoms with Crippen LogP contribution in [0.4, 0.5) is 4.79 Å². The van der Waals surface area contributed by atoms with Crippen LogP contribution in [0.3, 0.4) is 0 Å². The molecule has 0 bridgehead atoms. The molecular formula is C37H56N2O10. The molecule has 2 aliphatic carbocycles. The monoisotopic (exact) mass is 688 g/mol. The number of rotatable bonds is 18. The minimum absolute atomic E-state index is 0.0400. The van der Waals surface area contributed by atoms with Crippen molar-refractivity contribution in [2.75, 3.05) is 53.3 Å². The zero-order valence-corrected chi connectivity index (χ0v) is 29.5. The summed E-state index contributed by atoms with van der Waals surface area (Å²) >= 11 is 0. The molecule has 4 rings (SSSR count). The topological polar surface area (TPSA) is 160 Å². The van der Waals surface area contributed by atoms with Crippen LogP contribution in [0.5, 0.6) is 11.5 Å². The van der Waals surface area contributed by atoms with Crippen molar-refractivity contribution < 1.29 is 49.0 Å². The molecule has 1 aromatic rings. The van der Waals surface area contributed by atoms with Gasteiger partial charge < -0.3 is 44.2 Å². The largest absolute Gasteiger partial charge is 0.508 e. The van der Waals surface area contributed by atoms with Gasteiger partial charge in [0.05, 0.1) is 45.2 Å². The molecule has 4 N–H and O–H groups in total. The van der Waals surface area contributed by atoms with E-state index < -0.39 is 29.4 Å². The Kier molecular flexibility index (Phi) is 13.9. The maximum atomic E-state index is 13.7. The lowest BCUT2D eigenvalue weighted by Gasteiger charge is -2.59. The Bertz CT molecular complexity index is 1310. The Hall–Kier alpha value is -3.16. The number of hydrogen-bond acceptors (Lipinski definition) is 11. The number of nitrogens with zero attached hydrogens (tertiary/aromatic N) is 2. The summed E-state index contributed by atoms with van der Waals surface area (Å²) in [6.45, 7) is 10.2. The zero-order valence-electron chi connectivity index (χ0n) is 29.5. The summed E-state index contributed by atoms with van der Waals surface area (Å²) in [7, 11) is 1.32. The number of aliphatic hydroxyl groups excluding tert-OH is 3. The average Bonchev–Trinajstić information content (AvgIpc) is 3.07. The third kappa shape index (κ3) is 8.96. The number of unbranched alkanes of at least 4 members (excludes halogenated alkanes) is 2. The second kappa shape index (κ2) is 17.7. The smallest absolute Gasteiger partial charge is 0.410 e. The third-order valence-electron chi connectivity index (χ3n) is 9.58. The van der Waals surface area contributed by atoms with E-state index >= 15 is 0 Å². The summed E-state index contributed by atoms with van der Waals surface area (Å²) < 4.78 is 24.8. The van der Waals surface area contributed by atoms with Crippen LogP contribution in [-0.4, -0.2) is 108 Å². The molecule has 6 unspecified atom stereocenters. The first-order valence-electron chi connectivity index (χ1n) is 17.5. The van der Waals surface area contributed by atoms with Gasteiger partial charge in [-0.2, -0.15) is 0 Å². The Morgan fingerprint density at radius 2 is 1.84 bits per heavy atom. The van der Waals surface area contributed by atoms with Crippen LogP contribution in [0, 0.1) is 17.8 Å². The normalized spacial score (nSPS) is 26.6. The first-order valence-corrected chi connectivity index (χ1v) is 17.5. The number of aliphatic hydroxyl groups is 3. The van der Waals surface area contributed by atoms with E-state index in [2.05, 4.69) is 12.7 Å². The Balaban J connectivity index is 2.01. The molecule has 0 radical (unpaired) electrons. The molecule has 3 aliphatic rings. The van der Waals surface area contributed by atoms with Crippen LogP contribution < -0.4 is 4.74 Å². The van der Waals surface area contributed by atoms with Crippen LogP contribution in [0.2, 0.25) is 0 Å². The van der Waals surface area contributed by atoms with E-state index in [1.807, 2.05) is 20.8 Å². The first-order chi connectivity index (χ1) is 23.5. The molecule has 12 heteroatoms. The molecule has 12 nitrogen and oxygen atoms in total. The van der Waals surface area contributed by atoms with Gasteiger partial charge in [-0.05, 0) is 82.1 Å². The zero-order chi connectivity index (χ0) is 35.6. The molecular weight excluding hydrogens is 632 g/mol. The number of phenols is 1. The van der Waals surface area contributed by atoms with Gasteiger partial charge in [0.1, 0.15) is 23.1 Å². The van der Waals surface area contributed by atoms with Gasteiger partial charge in [-0.1, -0.05) is 30.1 Å². The molecule has 6 atom stereocenters. The highest BCUT2D eigenvalue weighted by atomic mass is 16.7. The van der Waals surface area contributed by atoms with Crippen molar-refractivity contribution >= 4 is 11.8 Å². The third-order valence-corrected chi connectivity index (χ3v) is 9.58. The van der Waals surface area contributed by atoms with E-state index in [0.717, 1.165) is 36.8 Å². The molecule has 0 aromatic heterocycles. The van der Waals surface area contributed by atoms with Crippen LogP contribution in [-0.2, 0) is 19.0 Å². The number of aromatic hydroxyl groups is 1. The summed E-state index contributed by atoms with van der Waals surface area (Å²) in [5.74, 6) is -1.41. The van der Waals surface area contributed by atoms with E-state index in [1.165, 1.54) is 7.11 Å². The highest BCUT2D eigenvalue weighted by molar-refractivity contribution is 6.03. The van der Waals surface area contributed by atoms with Crippen LogP contribution in [0.1, 0.15) is 77.2 Å². The Morgan fingerprint density at radius 3 is 2.49 bits per heavy atom. The maximum Gasteiger partial charge on any atom is 0.410 e. The molecule has 1 fully saturated rings.